The maximum absolute atomic E-state index is 5.86. The number of rotatable bonds is 3. The molecule has 0 aliphatic rings. The fraction of sp³-hybridized carbons (Fsp3) is 0.200. The molecule has 0 fully saturated rings. The second-order valence-electron chi connectivity index (χ2n) is 3.32. The highest BCUT2D eigenvalue weighted by atomic mass is 35.5. The summed E-state index contributed by atoms with van der Waals surface area (Å²) in [4.78, 5) is 4.06. The molecular weight excluding hydrogens is 228 g/mol. The summed E-state index contributed by atoms with van der Waals surface area (Å²) in [5, 5.41) is 7.39. The van der Waals surface area contributed by atoms with E-state index in [2.05, 4.69) is 15.5 Å². The molecule has 6 heteroatoms. The molecule has 84 valence electrons. The highest BCUT2D eigenvalue weighted by Crippen LogP contribution is 2.23. The fourth-order valence-electron chi connectivity index (χ4n) is 1.26. The van der Waals surface area contributed by atoms with Crippen LogP contribution in [-0.4, -0.2) is 10.1 Å². The Morgan fingerprint density at radius 3 is 3.00 bits per heavy atom. The van der Waals surface area contributed by atoms with Crippen LogP contribution in [0.15, 0.2) is 22.7 Å². The molecule has 0 spiro atoms. The molecule has 0 aliphatic heterocycles. The van der Waals surface area contributed by atoms with Gasteiger partial charge >= 0.3 is 0 Å². The number of nitrogen functional groups attached to an aromatic ring is 1. The van der Waals surface area contributed by atoms with Crippen molar-refractivity contribution >= 4 is 23.0 Å². The molecule has 16 heavy (non-hydrogen) atoms. The summed E-state index contributed by atoms with van der Waals surface area (Å²) in [6, 6.07) is 5.22. The molecule has 1 heterocycles. The summed E-state index contributed by atoms with van der Waals surface area (Å²) < 4.78 is 4.96. The Bertz CT molecular complexity index is 497. The lowest BCUT2D eigenvalue weighted by Gasteiger charge is -2.07. The summed E-state index contributed by atoms with van der Waals surface area (Å²) in [7, 11) is 0. The van der Waals surface area contributed by atoms with Crippen LogP contribution < -0.4 is 11.1 Å². The van der Waals surface area contributed by atoms with Gasteiger partial charge in [0.15, 0.2) is 5.82 Å². The van der Waals surface area contributed by atoms with Crippen LogP contribution in [0.5, 0.6) is 0 Å². The van der Waals surface area contributed by atoms with Crippen LogP contribution in [0.2, 0.25) is 5.02 Å². The topological polar surface area (TPSA) is 77.0 Å². The van der Waals surface area contributed by atoms with Gasteiger partial charge in [-0.15, -0.1) is 0 Å². The van der Waals surface area contributed by atoms with E-state index in [9.17, 15) is 0 Å². The third-order valence-electron chi connectivity index (χ3n) is 2.02. The normalized spacial score (nSPS) is 10.4. The molecule has 3 N–H and O–H groups in total. The van der Waals surface area contributed by atoms with Crippen molar-refractivity contribution in [3.05, 3.63) is 34.9 Å². The van der Waals surface area contributed by atoms with Gasteiger partial charge in [-0.1, -0.05) is 16.8 Å². The molecule has 0 aliphatic carbocycles. The van der Waals surface area contributed by atoms with E-state index in [1.54, 1.807) is 25.1 Å². The van der Waals surface area contributed by atoms with Crippen LogP contribution in [0.25, 0.3) is 0 Å². The number of benzene rings is 1. The molecular formula is C10H11ClN4O. The number of nitrogens with two attached hydrogens (primary N) is 1. The average Bonchev–Trinajstić information content (AvgIpc) is 2.66. The molecule has 0 bridgehead atoms. The van der Waals surface area contributed by atoms with Crippen LogP contribution in [0.4, 0.5) is 11.4 Å². The van der Waals surface area contributed by atoms with Gasteiger partial charge in [0, 0.05) is 5.02 Å². The quantitative estimate of drug-likeness (QED) is 0.802. The Morgan fingerprint density at radius 1 is 1.50 bits per heavy atom. The summed E-state index contributed by atoms with van der Waals surface area (Å²) in [5.41, 5.74) is 7.15. The van der Waals surface area contributed by atoms with Gasteiger partial charge in [0.1, 0.15) is 0 Å². The first-order chi connectivity index (χ1) is 7.65. The lowest BCUT2D eigenvalue weighted by Crippen LogP contribution is -2.02. The second kappa shape index (κ2) is 4.40. The zero-order chi connectivity index (χ0) is 11.5. The molecule has 1 aromatic heterocycles. The smallest absolute Gasteiger partial charge is 0.245 e. The number of halogens is 1. The zero-order valence-corrected chi connectivity index (χ0v) is 9.45. The van der Waals surface area contributed by atoms with Crippen molar-refractivity contribution in [3.63, 3.8) is 0 Å². The summed E-state index contributed by atoms with van der Waals surface area (Å²) in [6.07, 6.45) is 0. The Hall–Kier alpha value is -1.75. The van der Waals surface area contributed by atoms with E-state index in [-0.39, 0.29) is 0 Å². The lowest BCUT2D eigenvalue weighted by molar-refractivity contribution is 0.379. The molecule has 2 rings (SSSR count). The number of nitrogens with one attached hydrogen (secondary N) is 1. The van der Waals surface area contributed by atoms with Gasteiger partial charge in [0.05, 0.1) is 17.9 Å². The van der Waals surface area contributed by atoms with E-state index >= 15 is 0 Å². The monoisotopic (exact) mass is 238 g/mol. The van der Waals surface area contributed by atoms with Crippen LogP contribution in [-0.2, 0) is 6.54 Å². The molecule has 2 aromatic rings. The lowest BCUT2D eigenvalue weighted by atomic mass is 10.2. The largest absolute Gasteiger partial charge is 0.397 e. The minimum Gasteiger partial charge on any atom is -0.397 e. The standard InChI is InChI=1S/C10H11ClN4O/c1-6-14-10(16-15-6)5-13-9-4-7(11)2-3-8(9)12/h2-4,13H,5,12H2,1H3. The number of anilines is 2. The van der Waals surface area contributed by atoms with E-state index in [4.69, 9.17) is 21.9 Å². The van der Waals surface area contributed by atoms with Gasteiger partial charge in [-0.05, 0) is 25.1 Å². The summed E-state index contributed by atoms with van der Waals surface area (Å²) in [5.74, 6) is 1.12. The molecule has 1 aromatic carbocycles. The Labute approximate surface area is 97.6 Å². The fourth-order valence-corrected chi connectivity index (χ4v) is 1.44. The minimum atomic E-state index is 0.422. The minimum absolute atomic E-state index is 0.422. The number of aromatic nitrogens is 2. The Balaban J connectivity index is 2.07. The van der Waals surface area contributed by atoms with Crippen LogP contribution in [0.3, 0.4) is 0 Å². The van der Waals surface area contributed by atoms with E-state index in [0.29, 0.717) is 29.0 Å². The molecule has 0 saturated heterocycles. The predicted molar refractivity (Wildman–Crippen MR) is 62.2 cm³/mol. The van der Waals surface area contributed by atoms with Crippen molar-refractivity contribution in [3.8, 4) is 0 Å². The first kappa shape index (κ1) is 10.8. The van der Waals surface area contributed by atoms with Gasteiger partial charge in [0.25, 0.3) is 0 Å². The average molecular weight is 239 g/mol. The number of nitrogens with zero attached hydrogens (tertiary/aromatic N) is 2. The second-order valence-corrected chi connectivity index (χ2v) is 3.76. The van der Waals surface area contributed by atoms with Gasteiger partial charge < -0.3 is 15.6 Å². The molecule has 0 atom stereocenters. The highest BCUT2D eigenvalue weighted by molar-refractivity contribution is 6.31. The Kier molecular flexibility index (Phi) is 2.96. The predicted octanol–water partition coefficient (Wildman–Crippen LogP) is 2.23. The van der Waals surface area contributed by atoms with Crippen molar-refractivity contribution in [2.45, 2.75) is 13.5 Å². The van der Waals surface area contributed by atoms with E-state index < -0.39 is 0 Å². The van der Waals surface area contributed by atoms with Crippen molar-refractivity contribution < 1.29 is 4.52 Å². The molecule has 0 radical (unpaired) electrons. The number of hydrogen-bond donors (Lipinski definition) is 2. The molecule has 0 unspecified atom stereocenters. The van der Waals surface area contributed by atoms with Crippen molar-refractivity contribution in [2.24, 2.45) is 0 Å². The van der Waals surface area contributed by atoms with E-state index in [1.807, 2.05) is 0 Å². The molecule has 5 nitrogen and oxygen atoms in total. The Morgan fingerprint density at radius 2 is 2.31 bits per heavy atom. The van der Waals surface area contributed by atoms with Crippen molar-refractivity contribution in [1.82, 2.24) is 10.1 Å². The number of aryl methyl sites for hydroxylation is 1. The van der Waals surface area contributed by atoms with Gasteiger partial charge in [-0.25, -0.2) is 0 Å². The maximum atomic E-state index is 5.86. The zero-order valence-electron chi connectivity index (χ0n) is 8.70. The third kappa shape index (κ3) is 2.43. The van der Waals surface area contributed by atoms with Gasteiger partial charge in [0.2, 0.25) is 5.89 Å². The van der Waals surface area contributed by atoms with Gasteiger partial charge in [-0.2, -0.15) is 4.98 Å². The van der Waals surface area contributed by atoms with Crippen LogP contribution >= 0.6 is 11.6 Å². The van der Waals surface area contributed by atoms with E-state index in [0.717, 1.165) is 5.69 Å². The maximum Gasteiger partial charge on any atom is 0.245 e. The third-order valence-corrected chi connectivity index (χ3v) is 2.25. The highest BCUT2D eigenvalue weighted by Gasteiger charge is 2.04. The number of hydrogen-bond acceptors (Lipinski definition) is 5. The van der Waals surface area contributed by atoms with Crippen LogP contribution in [0, 0.1) is 6.92 Å². The first-order valence-electron chi connectivity index (χ1n) is 4.73. The van der Waals surface area contributed by atoms with E-state index in [1.165, 1.54) is 0 Å². The summed E-state index contributed by atoms with van der Waals surface area (Å²) in [6.45, 7) is 2.19. The molecule has 0 saturated carbocycles. The van der Waals surface area contributed by atoms with Crippen LogP contribution in [0.1, 0.15) is 11.7 Å². The SMILES string of the molecule is Cc1noc(CNc2cc(Cl)ccc2N)n1. The van der Waals surface area contributed by atoms with Crippen molar-refractivity contribution in [2.75, 3.05) is 11.1 Å². The summed E-state index contributed by atoms with van der Waals surface area (Å²) >= 11 is 5.86. The van der Waals surface area contributed by atoms with Gasteiger partial charge in [-0.3, -0.25) is 0 Å². The first-order valence-corrected chi connectivity index (χ1v) is 5.11. The van der Waals surface area contributed by atoms with Crippen molar-refractivity contribution in [1.29, 1.82) is 0 Å². The molecule has 0 amide bonds.